The number of quaternary nitrogens is 1. The van der Waals surface area contributed by atoms with Crippen molar-refractivity contribution in [3.8, 4) is 0 Å². The maximum Gasteiger partial charge on any atom is 0.338 e. The largest absolute Gasteiger partial charge is 0.456 e. The number of likely N-dealkylation sites (N-methyl/N-ethyl adjacent to an activating group) is 1. The van der Waals surface area contributed by atoms with E-state index < -0.39 is 0 Å². The number of carbonyl (C=O) groups is 1. The molecule has 95 valence electrons. The van der Waals surface area contributed by atoms with Crippen LogP contribution in [0.2, 0.25) is 0 Å². The van der Waals surface area contributed by atoms with Gasteiger partial charge in [0.2, 0.25) is 0 Å². The molecule has 0 spiro atoms. The highest BCUT2D eigenvalue weighted by molar-refractivity contribution is 5.89. The van der Waals surface area contributed by atoms with E-state index in [1.54, 1.807) is 24.3 Å². The van der Waals surface area contributed by atoms with Crippen LogP contribution in [0, 0.1) is 0 Å². The molecule has 0 fully saturated rings. The summed E-state index contributed by atoms with van der Waals surface area (Å²) in [5.74, 6) is -0.298. The summed E-state index contributed by atoms with van der Waals surface area (Å²) in [7, 11) is 6.16. The molecule has 2 N–H and O–H groups in total. The van der Waals surface area contributed by atoms with Crippen molar-refractivity contribution in [3.05, 3.63) is 29.8 Å². The Balaban J connectivity index is 0.00000256. The Morgan fingerprint density at radius 2 is 1.76 bits per heavy atom. The van der Waals surface area contributed by atoms with Crippen LogP contribution in [-0.4, -0.2) is 44.7 Å². The molecule has 1 aromatic carbocycles. The van der Waals surface area contributed by atoms with Crippen molar-refractivity contribution in [1.29, 1.82) is 0 Å². The molecule has 0 atom stereocenters. The number of hydrogen-bond donors (Lipinski definition) is 1. The summed E-state index contributed by atoms with van der Waals surface area (Å²) >= 11 is 0. The third kappa shape index (κ3) is 6.14. The standard InChI is InChI=1S/C12H18N2O2.Cl/c1-14(2,3)8-9-16-12(15)10-4-6-11(13)7-5-10;/h4-7H,8-9H2,1-3H3,(H-,13,15);/p+1. The van der Waals surface area contributed by atoms with Crippen LogP contribution < -0.4 is 5.73 Å². The van der Waals surface area contributed by atoms with Gasteiger partial charge in [0.05, 0.1) is 26.7 Å². The fraction of sp³-hybridized carbons (Fsp3) is 0.417. The molecule has 1 rings (SSSR count). The molecule has 0 saturated heterocycles. The third-order valence-corrected chi connectivity index (χ3v) is 2.14. The monoisotopic (exact) mass is 258 g/mol. The molecular formula is C12H19ClN2O2+. The summed E-state index contributed by atoms with van der Waals surface area (Å²) < 4.78 is 5.92. The second-order valence-corrected chi connectivity index (χ2v) is 4.77. The Morgan fingerprint density at radius 3 is 2.24 bits per heavy atom. The number of nitrogens with zero attached hydrogens (tertiary/aromatic N) is 1. The molecule has 1 aromatic rings. The fourth-order valence-electron chi connectivity index (χ4n) is 1.11. The number of benzene rings is 1. The molecular weight excluding hydrogens is 240 g/mol. The number of carbonyl (C=O) groups excluding carboxylic acids is 1. The van der Waals surface area contributed by atoms with E-state index in [4.69, 9.17) is 10.5 Å². The maximum absolute atomic E-state index is 11.6. The van der Waals surface area contributed by atoms with Gasteiger partial charge in [0.1, 0.15) is 13.2 Å². The van der Waals surface area contributed by atoms with Crippen LogP contribution in [0.5, 0.6) is 0 Å². The Morgan fingerprint density at radius 1 is 1.24 bits per heavy atom. The average molecular weight is 259 g/mol. The van der Waals surface area contributed by atoms with Crippen LogP contribution in [-0.2, 0) is 4.74 Å². The molecule has 5 heteroatoms. The Hall–Kier alpha value is -1.26. The minimum Gasteiger partial charge on any atom is -0.456 e. The van der Waals surface area contributed by atoms with Gasteiger partial charge in [-0.2, -0.15) is 0 Å². The Kier molecular flexibility index (Phi) is 5.99. The smallest absolute Gasteiger partial charge is 0.338 e. The molecule has 17 heavy (non-hydrogen) atoms. The third-order valence-electron chi connectivity index (χ3n) is 2.14. The molecule has 0 aromatic heterocycles. The summed E-state index contributed by atoms with van der Waals surface area (Å²) in [5, 5.41) is 0. The summed E-state index contributed by atoms with van der Waals surface area (Å²) in [4.78, 5) is 11.6. The van der Waals surface area contributed by atoms with Crippen molar-refractivity contribution in [2.75, 3.05) is 40.0 Å². The predicted molar refractivity (Wildman–Crippen MR) is 69.9 cm³/mol. The molecule has 0 aliphatic carbocycles. The zero-order chi connectivity index (χ0) is 12.2. The number of halogens is 1. The highest BCUT2D eigenvalue weighted by Crippen LogP contribution is 2.06. The van der Waals surface area contributed by atoms with Crippen LogP contribution in [0.15, 0.2) is 24.3 Å². The molecule has 4 nitrogen and oxygen atoms in total. The van der Waals surface area contributed by atoms with Crippen molar-refractivity contribution in [2.45, 2.75) is 0 Å². The van der Waals surface area contributed by atoms with E-state index in [9.17, 15) is 4.79 Å². The SMILES string of the molecule is C[N+](C)(C)CCOC(=O)c1ccc(N)cc1.[Cl]. The zero-order valence-corrected chi connectivity index (χ0v) is 11.2. The molecule has 0 unspecified atom stereocenters. The molecule has 1 radical (unpaired) electrons. The highest BCUT2D eigenvalue weighted by Gasteiger charge is 2.10. The minimum absolute atomic E-state index is 0. The van der Waals surface area contributed by atoms with E-state index in [0.29, 0.717) is 17.9 Å². The van der Waals surface area contributed by atoms with Crippen LogP contribution >= 0.6 is 12.4 Å². The lowest BCUT2D eigenvalue weighted by molar-refractivity contribution is -0.870. The van der Waals surface area contributed by atoms with E-state index in [-0.39, 0.29) is 18.4 Å². The van der Waals surface area contributed by atoms with Gasteiger partial charge >= 0.3 is 5.97 Å². The zero-order valence-electron chi connectivity index (χ0n) is 10.4. The number of esters is 1. The van der Waals surface area contributed by atoms with Gasteiger partial charge in [-0.3, -0.25) is 0 Å². The molecule has 0 aliphatic rings. The topological polar surface area (TPSA) is 52.3 Å². The Bertz CT molecular complexity index is 358. The van der Waals surface area contributed by atoms with E-state index in [0.717, 1.165) is 11.0 Å². The second-order valence-electron chi connectivity index (χ2n) is 4.77. The van der Waals surface area contributed by atoms with Gasteiger partial charge in [-0.25, -0.2) is 4.79 Å². The maximum atomic E-state index is 11.6. The van der Waals surface area contributed by atoms with Gasteiger partial charge < -0.3 is 15.0 Å². The number of hydrogen-bond acceptors (Lipinski definition) is 3. The highest BCUT2D eigenvalue weighted by atomic mass is 35.5. The quantitative estimate of drug-likeness (QED) is 0.509. The van der Waals surface area contributed by atoms with Crippen molar-refractivity contribution in [3.63, 3.8) is 0 Å². The second kappa shape index (κ2) is 6.47. The lowest BCUT2D eigenvalue weighted by atomic mass is 10.2. The molecule has 0 bridgehead atoms. The summed E-state index contributed by atoms with van der Waals surface area (Å²) in [6.07, 6.45) is 0. The molecule has 0 aliphatic heterocycles. The first-order valence-corrected chi connectivity index (χ1v) is 5.21. The lowest BCUT2D eigenvalue weighted by Crippen LogP contribution is -2.38. The van der Waals surface area contributed by atoms with Crippen molar-refractivity contribution < 1.29 is 14.0 Å². The number of rotatable bonds is 4. The molecule has 0 heterocycles. The van der Waals surface area contributed by atoms with Crippen molar-refractivity contribution in [2.24, 2.45) is 0 Å². The van der Waals surface area contributed by atoms with Crippen molar-refractivity contribution in [1.82, 2.24) is 0 Å². The van der Waals surface area contributed by atoms with E-state index in [1.807, 2.05) is 0 Å². The number of ether oxygens (including phenoxy) is 1. The predicted octanol–water partition coefficient (Wildman–Crippen LogP) is 1.82. The van der Waals surface area contributed by atoms with Crippen LogP contribution in [0.1, 0.15) is 10.4 Å². The fourth-order valence-corrected chi connectivity index (χ4v) is 1.11. The van der Waals surface area contributed by atoms with Crippen LogP contribution in [0.3, 0.4) is 0 Å². The molecule has 0 saturated carbocycles. The Labute approximate surface area is 108 Å². The average Bonchev–Trinajstić information content (AvgIpc) is 2.16. The lowest BCUT2D eigenvalue weighted by Gasteiger charge is -2.23. The van der Waals surface area contributed by atoms with Gasteiger partial charge in [-0.05, 0) is 24.3 Å². The van der Waals surface area contributed by atoms with E-state index in [1.165, 1.54) is 0 Å². The summed E-state index contributed by atoms with van der Waals surface area (Å²) in [5.41, 5.74) is 6.71. The normalized spacial score (nSPS) is 10.5. The van der Waals surface area contributed by atoms with Gasteiger partial charge in [0, 0.05) is 18.1 Å². The van der Waals surface area contributed by atoms with E-state index >= 15 is 0 Å². The van der Waals surface area contributed by atoms with Crippen LogP contribution in [0.25, 0.3) is 0 Å². The minimum atomic E-state index is -0.298. The first-order valence-electron chi connectivity index (χ1n) is 5.21. The number of nitrogen functional groups attached to an aromatic ring is 1. The summed E-state index contributed by atoms with van der Waals surface area (Å²) in [6.45, 7) is 1.22. The van der Waals surface area contributed by atoms with E-state index in [2.05, 4.69) is 21.1 Å². The number of anilines is 1. The van der Waals surface area contributed by atoms with Gasteiger partial charge in [0.15, 0.2) is 0 Å². The summed E-state index contributed by atoms with van der Waals surface area (Å²) in [6, 6.07) is 6.72. The first-order chi connectivity index (χ1) is 7.38. The van der Waals surface area contributed by atoms with Gasteiger partial charge in [0.25, 0.3) is 0 Å². The van der Waals surface area contributed by atoms with Gasteiger partial charge in [-0.15, -0.1) is 0 Å². The number of nitrogens with two attached hydrogens (primary N) is 1. The molecule has 0 amide bonds. The van der Waals surface area contributed by atoms with Gasteiger partial charge in [-0.1, -0.05) is 0 Å². The van der Waals surface area contributed by atoms with Crippen molar-refractivity contribution >= 4 is 24.1 Å². The first kappa shape index (κ1) is 15.7. The van der Waals surface area contributed by atoms with Crippen LogP contribution in [0.4, 0.5) is 5.69 Å².